The molecule has 2 aromatic carbocycles. The van der Waals surface area contributed by atoms with E-state index >= 15 is 0 Å². The number of hydrogen-bond acceptors (Lipinski definition) is 3. The molecular weight excluding hydrogens is 384 g/mol. The smallest absolute Gasteiger partial charge is 0.239 e. The van der Waals surface area contributed by atoms with Gasteiger partial charge in [0.25, 0.3) is 0 Å². The van der Waals surface area contributed by atoms with Gasteiger partial charge in [-0.25, -0.2) is 4.68 Å². The predicted molar refractivity (Wildman–Crippen MR) is 118 cm³/mol. The Morgan fingerprint density at radius 3 is 2.45 bits per heavy atom. The summed E-state index contributed by atoms with van der Waals surface area (Å²) in [5.74, 6) is 0.158. The molecule has 0 spiro atoms. The third kappa shape index (κ3) is 4.86. The summed E-state index contributed by atoms with van der Waals surface area (Å²) >= 11 is 0. The number of aromatic nitrogens is 2. The van der Waals surface area contributed by atoms with Gasteiger partial charge < -0.3 is 10.2 Å². The number of nitrogens with one attached hydrogen (secondary N) is 1. The van der Waals surface area contributed by atoms with Gasteiger partial charge in [0, 0.05) is 30.9 Å². The number of benzene rings is 2. The molecule has 1 amide bonds. The minimum absolute atomic E-state index is 0. The SMILES string of the molecule is CN(Cc1cn(-c2ccccc2)nc1-c1ccccc1)C(=O)C1CCCCN1.Cl. The van der Waals surface area contributed by atoms with E-state index in [1.807, 2.05) is 71.4 Å². The molecule has 1 unspecified atom stereocenters. The lowest BCUT2D eigenvalue weighted by Gasteiger charge is -2.27. The van der Waals surface area contributed by atoms with Crippen molar-refractivity contribution in [2.75, 3.05) is 13.6 Å². The maximum absolute atomic E-state index is 12.9. The molecule has 152 valence electrons. The highest BCUT2D eigenvalue weighted by molar-refractivity contribution is 5.85. The van der Waals surface area contributed by atoms with Crippen molar-refractivity contribution in [1.29, 1.82) is 0 Å². The minimum Gasteiger partial charge on any atom is -0.340 e. The predicted octanol–water partition coefficient (Wildman–Crippen LogP) is 4.06. The van der Waals surface area contributed by atoms with E-state index in [-0.39, 0.29) is 24.4 Å². The normalized spacial score (nSPS) is 16.1. The molecule has 0 radical (unpaired) electrons. The molecule has 2 heterocycles. The zero-order valence-electron chi connectivity index (χ0n) is 16.6. The standard InChI is InChI=1S/C23H26N4O.ClH/c1-26(23(28)21-14-8-9-15-24-21)16-19-17-27(20-12-6-3-7-13-20)25-22(19)18-10-4-2-5-11-18;/h2-7,10-13,17,21,24H,8-9,14-16H2,1H3;1H. The number of nitrogens with zero attached hydrogens (tertiary/aromatic N) is 3. The molecule has 1 aliphatic heterocycles. The molecule has 1 N–H and O–H groups in total. The lowest BCUT2D eigenvalue weighted by molar-refractivity contribution is -0.133. The zero-order valence-corrected chi connectivity index (χ0v) is 17.4. The molecule has 1 aromatic heterocycles. The largest absolute Gasteiger partial charge is 0.340 e. The van der Waals surface area contributed by atoms with Crippen LogP contribution in [0, 0.1) is 0 Å². The van der Waals surface area contributed by atoms with Crippen LogP contribution in [0.4, 0.5) is 0 Å². The maximum Gasteiger partial charge on any atom is 0.239 e. The van der Waals surface area contributed by atoms with Crippen LogP contribution in [0.1, 0.15) is 24.8 Å². The van der Waals surface area contributed by atoms with Crippen molar-refractivity contribution < 1.29 is 4.79 Å². The van der Waals surface area contributed by atoms with Crippen molar-refractivity contribution in [3.05, 3.63) is 72.4 Å². The number of rotatable bonds is 5. The van der Waals surface area contributed by atoms with Crippen molar-refractivity contribution in [1.82, 2.24) is 20.0 Å². The Morgan fingerprint density at radius 1 is 1.10 bits per heavy atom. The Hall–Kier alpha value is -2.63. The van der Waals surface area contributed by atoms with Gasteiger partial charge in [0.1, 0.15) is 0 Å². The highest BCUT2D eigenvalue weighted by Crippen LogP contribution is 2.25. The van der Waals surface area contributed by atoms with Crippen molar-refractivity contribution in [3.8, 4) is 16.9 Å². The number of para-hydroxylation sites is 1. The lowest BCUT2D eigenvalue weighted by atomic mass is 10.0. The fourth-order valence-electron chi connectivity index (χ4n) is 3.74. The molecule has 1 saturated heterocycles. The van der Waals surface area contributed by atoms with Crippen LogP contribution in [0.25, 0.3) is 16.9 Å². The first kappa shape index (κ1) is 21.1. The molecule has 1 atom stereocenters. The van der Waals surface area contributed by atoms with Crippen LogP contribution >= 0.6 is 12.4 Å². The van der Waals surface area contributed by atoms with Gasteiger partial charge in [0.05, 0.1) is 17.4 Å². The second-order valence-electron chi connectivity index (χ2n) is 7.35. The van der Waals surface area contributed by atoms with Crippen LogP contribution in [0.5, 0.6) is 0 Å². The lowest BCUT2D eigenvalue weighted by Crippen LogP contribution is -2.47. The fraction of sp³-hybridized carbons (Fsp3) is 0.304. The Morgan fingerprint density at radius 2 is 1.79 bits per heavy atom. The molecule has 4 rings (SSSR count). The van der Waals surface area contributed by atoms with Crippen LogP contribution in [0.2, 0.25) is 0 Å². The Kier molecular flexibility index (Phi) is 7.07. The molecule has 0 aliphatic carbocycles. The average molecular weight is 411 g/mol. The van der Waals surface area contributed by atoms with Crippen molar-refractivity contribution in [2.45, 2.75) is 31.8 Å². The number of likely N-dealkylation sites (N-methyl/N-ethyl adjacent to an activating group) is 1. The van der Waals surface area contributed by atoms with E-state index in [9.17, 15) is 4.79 Å². The summed E-state index contributed by atoms with van der Waals surface area (Å²) < 4.78 is 1.90. The van der Waals surface area contributed by atoms with Crippen LogP contribution in [-0.2, 0) is 11.3 Å². The molecule has 0 bridgehead atoms. The van der Waals surface area contributed by atoms with Gasteiger partial charge in [0.15, 0.2) is 0 Å². The van der Waals surface area contributed by atoms with E-state index in [1.54, 1.807) is 0 Å². The van der Waals surface area contributed by atoms with Crippen molar-refractivity contribution >= 4 is 18.3 Å². The fourth-order valence-corrected chi connectivity index (χ4v) is 3.74. The topological polar surface area (TPSA) is 50.2 Å². The number of hydrogen-bond donors (Lipinski definition) is 1. The zero-order chi connectivity index (χ0) is 19.3. The average Bonchev–Trinajstić information content (AvgIpc) is 3.19. The van der Waals surface area contributed by atoms with E-state index in [2.05, 4.69) is 17.4 Å². The first-order valence-corrected chi connectivity index (χ1v) is 9.90. The third-order valence-electron chi connectivity index (χ3n) is 5.25. The highest BCUT2D eigenvalue weighted by atomic mass is 35.5. The first-order chi connectivity index (χ1) is 13.7. The minimum atomic E-state index is -0.0666. The number of amides is 1. The molecule has 5 nitrogen and oxygen atoms in total. The summed E-state index contributed by atoms with van der Waals surface area (Å²) in [6.07, 6.45) is 5.21. The number of piperidine rings is 1. The molecule has 1 aliphatic rings. The van der Waals surface area contributed by atoms with Crippen LogP contribution in [0.15, 0.2) is 66.9 Å². The van der Waals surface area contributed by atoms with Crippen molar-refractivity contribution in [3.63, 3.8) is 0 Å². The van der Waals surface area contributed by atoms with Gasteiger partial charge in [-0.2, -0.15) is 5.10 Å². The summed E-state index contributed by atoms with van der Waals surface area (Å²) in [5, 5.41) is 8.19. The number of carbonyl (C=O) groups is 1. The number of carbonyl (C=O) groups excluding carboxylic acids is 1. The molecule has 3 aromatic rings. The van der Waals surface area contributed by atoms with Gasteiger partial charge in [-0.05, 0) is 31.5 Å². The quantitative estimate of drug-likeness (QED) is 0.690. The van der Waals surface area contributed by atoms with Crippen LogP contribution in [-0.4, -0.2) is 40.2 Å². The first-order valence-electron chi connectivity index (χ1n) is 9.90. The summed E-state index contributed by atoms with van der Waals surface area (Å²) in [6, 6.07) is 20.2. The van der Waals surface area contributed by atoms with Gasteiger partial charge in [-0.15, -0.1) is 12.4 Å². The van der Waals surface area contributed by atoms with E-state index in [4.69, 9.17) is 5.10 Å². The van der Waals surface area contributed by atoms with Crippen LogP contribution < -0.4 is 5.32 Å². The second kappa shape index (κ2) is 9.72. The van der Waals surface area contributed by atoms with Gasteiger partial charge in [0.2, 0.25) is 5.91 Å². The maximum atomic E-state index is 12.9. The molecule has 1 fully saturated rings. The number of halogens is 1. The van der Waals surface area contributed by atoms with E-state index in [1.165, 1.54) is 0 Å². The Bertz CT molecular complexity index is 921. The van der Waals surface area contributed by atoms with Gasteiger partial charge >= 0.3 is 0 Å². The molecule has 29 heavy (non-hydrogen) atoms. The summed E-state index contributed by atoms with van der Waals surface area (Å²) in [7, 11) is 1.88. The van der Waals surface area contributed by atoms with E-state index < -0.39 is 0 Å². The van der Waals surface area contributed by atoms with Gasteiger partial charge in [-0.1, -0.05) is 55.0 Å². The van der Waals surface area contributed by atoms with Crippen LogP contribution in [0.3, 0.4) is 0 Å². The summed E-state index contributed by atoms with van der Waals surface area (Å²) in [5.41, 5.74) is 4.03. The molecule has 0 saturated carbocycles. The Balaban J connectivity index is 0.00000240. The molecular formula is C23H27ClN4O. The van der Waals surface area contributed by atoms with E-state index in [0.717, 1.165) is 48.3 Å². The highest BCUT2D eigenvalue weighted by Gasteiger charge is 2.25. The second-order valence-corrected chi connectivity index (χ2v) is 7.35. The Labute approximate surface area is 178 Å². The third-order valence-corrected chi connectivity index (χ3v) is 5.25. The van der Waals surface area contributed by atoms with Crippen molar-refractivity contribution in [2.24, 2.45) is 0 Å². The monoisotopic (exact) mass is 410 g/mol. The summed E-state index contributed by atoms with van der Waals surface area (Å²) in [6.45, 7) is 1.46. The summed E-state index contributed by atoms with van der Waals surface area (Å²) in [4.78, 5) is 14.7. The van der Waals surface area contributed by atoms with E-state index in [0.29, 0.717) is 6.54 Å². The molecule has 6 heteroatoms. The van der Waals surface area contributed by atoms with Gasteiger partial charge in [-0.3, -0.25) is 4.79 Å².